The normalized spacial score (nSPS) is 29.6. The highest BCUT2D eigenvalue weighted by molar-refractivity contribution is 5.47. The lowest BCUT2D eigenvalue weighted by Gasteiger charge is -2.32. The van der Waals surface area contributed by atoms with Crippen molar-refractivity contribution in [2.24, 2.45) is 0 Å². The summed E-state index contributed by atoms with van der Waals surface area (Å²) >= 11 is 0. The third kappa shape index (κ3) is 1.15. The van der Waals surface area contributed by atoms with Crippen LogP contribution in [0.15, 0.2) is 18.2 Å². The maximum absolute atomic E-state index is 3.57. The van der Waals surface area contributed by atoms with Gasteiger partial charge in [0.25, 0.3) is 0 Å². The molecule has 0 saturated heterocycles. The minimum Gasteiger partial charge on any atom is -0.313 e. The van der Waals surface area contributed by atoms with Gasteiger partial charge in [-0.1, -0.05) is 18.2 Å². The summed E-state index contributed by atoms with van der Waals surface area (Å²) < 4.78 is 0. The number of hydrogen-bond donors (Lipinski definition) is 1. The zero-order valence-electron chi connectivity index (χ0n) is 9.76. The number of nitrogens with one attached hydrogen (secondary N) is 1. The first-order valence-electron chi connectivity index (χ1n) is 6.72. The van der Waals surface area contributed by atoms with E-state index in [-0.39, 0.29) is 0 Å². The lowest BCUT2D eigenvalue weighted by molar-refractivity contribution is 0.453. The first kappa shape index (κ1) is 9.23. The Hall–Kier alpha value is -0.820. The molecule has 1 heteroatoms. The van der Waals surface area contributed by atoms with E-state index in [9.17, 15) is 0 Å². The maximum Gasteiger partial charge on any atom is 0.0208 e. The molecule has 3 aliphatic rings. The zero-order valence-corrected chi connectivity index (χ0v) is 9.76. The van der Waals surface area contributed by atoms with Crippen molar-refractivity contribution in [2.75, 3.05) is 6.54 Å². The van der Waals surface area contributed by atoms with Crippen LogP contribution in [0.2, 0.25) is 0 Å². The van der Waals surface area contributed by atoms with Gasteiger partial charge in [-0.2, -0.15) is 0 Å². The SMILES string of the molecule is c1cc2c3c(c1)C1(CCC3CCNC2)CC1. The Kier molecular flexibility index (Phi) is 1.79. The van der Waals surface area contributed by atoms with Gasteiger partial charge >= 0.3 is 0 Å². The van der Waals surface area contributed by atoms with Crippen molar-refractivity contribution in [3.05, 3.63) is 34.9 Å². The summed E-state index contributed by atoms with van der Waals surface area (Å²) in [5.74, 6) is 0.854. The van der Waals surface area contributed by atoms with Crippen molar-refractivity contribution in [3.63, 3.8) is 0 Å². The molecule has 1 aromatic rings. The zero-order chi connectivity index (χ0) is 10.6. The second-order valence-corrected chi connectivity index (χ2v) is 5.86. The number of hydrogen-bond acceptors (Lipinski definition) is 1. The van der Waals surface area contributed by atoms with Gasteiger partial charge in [0.2, 0.25) is 0 Å². The second-order valence-electron chi connectivity index (χ2n) is 5.86. The molecule has 1 aliphatic heterocycles. The summed E-state index contributed by atoms with van der Waals surface area (Å²) in [5, 5.41) is 3.57. The molecule has 1 nitrogen and oxygen atoms in total. The standard InChI is InChI=1S/C15H19N/c1-2-12-10-16-9-5-11-4-6-15(7-8-15)13(3-1)14(11)12/h1-3,11,16H,4-10H2. The molecule has 2 aliphatic carbocycles. The van der Waals surface area contributed by atoms with Crippen LogP contribution < -0.4 is 5.32 Å². The Morgan fingerprint density at radius 2 is 2.06 bits per heavy atom. The molecule has 0 radical (unpaired) electrons. The lowest BCUT2D eigenvalue weighted by atomic mass is 9.72. The van der Waals surface area contributed by atoms with Gasteiger partial charge in [0.05, 0.1) is 0 Å². The molecule has 1 fully saturated rings. The van der Waals surface area contributed by atoms with Gasteiger partial charge in [0.15, 0.2) is 0 Å². The molecule has 0 bridgehead atoms. The highest BCUT2D eigenvalue weighted by Crippen LogP contribution is 2.58. The summed E-state index contributed by atoms with van der Waals surface area (Å²) in [6.45, 7) is 2.29. The van der Waals surface area contributed by atoms with Crippen LogP contribution >= 0.6 is 0 Å². The van der Waals surface area contributed by atoms with Crippen molar-refractivity contribution in [2.45, 2.75) is 50.0 Å². The molecule has 16 heavy (non-hydrogen) atoms. The quantitative estimate of drug-likeness (QED) is 0.698. The monoisotopic (exact) mass is 213 g/mol. The van der Waals surface area contributed by atoms with Gasteiger partial charge in [-0.05, 0) is 66.7 Å². The van der Waals surface area contributed by atoms with E-state index in [1.807, 2.05) is 0 Å². The van der Waals surface area contributed by atoms with E-state index in [1.54, 1.807) is 16.7 Å². The number of rotatable bonds is 0. The van der Waals surface area contributed by atoms with Crippen LogP contribution in [0.25, 0.3) is 0 Å². The van der Waals surface area contributed by atoms with Crippen LogP contribution in [0.4, 0.5) is 0 Å². The molecule has 1 N–H and O–H groups in total. The van der Waals surface area contributed by atoms with Crippen molar-refractivity contribution >= 4 is 0 Å². The van der Waals surface area contributed by atoms with E-state index in [2.05, 4.69) is 23.5 Å². The summed E-state index contributed by atoms with van der Waals surface area (Å²) in [5.41, 5.74) is 5.69. The summed E-state index contributed by atoms with van der Waals surface area (Å²) in [6.07, 6.45) is 7.13. The molecule has 4 rings (SSSR count). The summed E-state index contributed by atoms with van der Waals surface area (Å²) in [7, 11) is 0. The van der Waals surface area contributed by atoms with Gasteiger partial charge in [-0.3, -0.25) is 0 Å². The fourth-order valence-corrected chi connectivity index (χ4v) is 3.90. The van der Waals surface area contributed by atoms with Crippen LogP contribution in [0, 0.1) is 0 Å². The van der Waals surface area contributed by atoms with E-state index >= 15 is 0 Å². The molecule has 84 valence electrons. The van der Waals surface area contributed by atoms with Crippen molar-refractivity contribution in [1.82, 2.24) is 5.32 Å². The lowest BCUT2D eigenvalue weighted by Crippen LogP contribution is -2.20. The molecular formula is C15H19N. The van der Waals surface area contributed by atoms with E-state index in [1.165, 1.54) is 38.6 Å². The minimum atomic E-state index is 0.631. The van der Waals surface area contributed by atoms with Crippen LogP contribution in [-0.4, -0.2) is 6.54 Å². The third-order valence-electron chi connectivity index (χ3n) is 4.99. The van der Waals surface area contributed by atoms with Crippen LogP contribution in [0.5, 0.6) is 0 Å². The summed E-state index contributed by atoms with van der Waals surface area (Å²) in [4.78, 5) is 0. The van der Waals surface area contributed by atoms with E-state index in [4.69, 9.17) is 0 Å². The smallest absolute Gasteiger partial charge is 0.0208 e. The molecule has 1 unspecified atom stereocenters. The Balaban J connectivity index is 1.93. The average molecular weight is 213 g/mol. The molecule has 1 atom stereocenters. The highest BCUT2D eigenvalue weighted by atomic mass is 14.9. The molecule has 1 spiro atoms. The predicted octanol–water partition coefficient (Wildman–Crippen LogP) is 3.09. The van der Waals surface area contributed by atoms with Crippen LogP contribution in [0.3, 0.4) is 0 Å². The van der Waals surface area contributed by atoms with Gasteiger partial charge in [-0.25, -0.2) is 0 Å². The first-order valence-corrected chi connectivity index (χ1v) is 6.72. The molecule has 1 aromatic carbocycles. The van der Waals surface area contributed by atoms with Gasteiger partial charge in [0, 0.05) is 6.54 Å². The fourth-order valence-electron chi connectivity index (χ4n) is 3.90. The van der Waals surface area contributed by atoms with Crippen molar-refractivity contribution < 1.29 is 0 Å². The Morgan fingerprint density at radius 3 is 2.94 bits per heavy atom. The fraction of sp³-hybridized carbons (Fsp3) is 0.600. The number of fused-ring (bicyclic) bond motifs is 1. The average Bonchev–Trinajstić information content (AvgIpc) is 3.09. The van der Waals surface area contributed by atoms with Crippen LogP contribution in [-0.2, 0) is 12.0 Å². The summed E-state index contributed by atoms with van der Waals surface area (Å²) in [6, 6.07) is 7.04. The molecule has 1 saturated carbocycles. The molecule has 0 amide bonds. The highest BCUT2D eigenvalue weighted by Gasteiger charge is 2.48. The van der Waals surface area contributed by atoms with Gasteiger partial charge in [0.1, 0.15) is 0 Å². The van der Waals surface area contributed by atoms with Crippen molar-refractivity contribution in [1.29, 1.82) is 0 Å². The Labute approximate surface area is 97.2 Å². The first-order chi connectivity index (χ1) is 7.89. The third-order valence-corrected chi connectivity index (χ3v) is 4.99. The predicted molar refractivity (Wildman–Crippen MR) is 65.7 cm³/mol. The molecule has 0 aromatic heterocycles. The second kappa shape index (κ2) is 3.10. The van der Waals surface area contributed by atoms with Gasteiger partial charge in [-0.15, -0.1) is 0 Å². The Bertz CT molecular complexity index is 431. The van der Waals surface area contributed by atoms with Gasteiger partial charge < -0.3 is 5.32 Å². The van der Waals surface area contributed by atoms with E-state index in [0.29, 0.717) is 5.41 Å². The maximum atomic E-state index is 3.57. The van der Waals surface area contributed by atoms with E-state index in [0.717, 1.165) is 12.5 Å². The Morgan fingerprint density at radius 1 is 1.12 bits per heavy atom. The topological polar surface area (TPSA) is 12.0 Å². The largest absolute Gasteiger partial charge is 0.313 e. The van der Waals surface area contributed by atoms with E-state index < -0.39 is 0 Å². The van der Waals surface area contributed by atoms with Crippen molar-refractivity contribution in [3.8, 4) is 0 Å². The molecular weight excluding hydrogens is 194 g/mol. The van der Waals surface area contributed by atoms with Crippen LogP contribution in [0.1, 0.15) is 54.7 Å². The number of benzene rings is 1. The molecule has 1 heterocycles. The minimum absolute atomic E-state index is 0.631.